The molecule has 0 radical (unpaired) electrons. The summed E-state index contributed by atoms with van der Waals surface area (Å²) in [4.78, 5) is 0. The highest BCUT2D eigenvalue weighted by atomic mass is 19.1. The SMILES string of the molecule is NNC(CC1=CCCCC1)c1ccc(F)cc1. The van der Waals surface area contributed by atoms with Crippen molar-refractivity contribution in [2.45, 2.75) is 38.1 Å². The van der Waals surface area contributed by atoms with Gasteiger partial charge < -0.3 is 0 Å². The molecule has 1 aromatic carbocycles. The molecule has 0 aliphatic heterocycles. The molecule has 0 amide bonds. The lowest BCUT2D eigenvalue weighted by atomic mass is 9.92. The number of hydrazine groups is 1. The van der Waals surface area contributed by atoms with Gasteiger partial charge in [0.15, 0.2) is 0 Å². The molecule has 1 aliphatic rings. The molecule has 0 spiro atoms. The lowest BCUT2D eigenvalue weighted by molar-refractivity contribution is 0.527. The fraction of sp³-hybridized carbons (Fsp3) is 0.429. The van der Waals surface area contributed by atoms with Crippen molar-refractivity contribution in [2.24, 2.45) is 5.84 Å². The molecular formula is C14H19FN2. The van der Waals surface area contributed by atoms with Crippen LogP contribution in [0.4, 0.5) is 4.39 Å². The maximum Gasteiger partial charge on any atom is 0.123 e. The molecule has 0 heterocycles. The second-order valence-electron chi connectivity index (χ2n) is 4.58. The zero-order chi connectivity index (χ0) is 12.1. The minimum Gasteiger partial charge on any atom is -0.271 e. The molecule has 92 valence electrons. The molecule has 2 rings (SSSR count). The van der Waals surface area contributed by atoms with E-state index in [0.29, 0.717) is 0 Å². The van der Waals surface area contributed by atoms with E-state index in [1.54, 1.807) is 12.1 Å². The normalized spacial score (nSPS) is 17.6. The molecule has 0 aromatic heterocycles. The number of hydrogen-bond acceptors (Lipinski definition) is 2. The number of rotatable bonds is 4. The third-order valence-corrected chi connectivity index (χ3v) is 3.32. The highest BCUT2D eigenvalue weighted by molar-refractivity contribution is 5.22. The van der Waals surface area contributed by atoms with Gasteiger partial charge in [-0.3, -0.25) is 11.3 Å². The first-order chi connectivity index (χ1) is 8.29. The highest BCUT2D eigenvalue weighted by Gasteiger charge is 2.13. The topological polar surface area (TPSA) is 38.0 Å². The van der Waals surface area contributed by atoms with Crippen molar-refractivity contribution in [3.8, 4) is 0 Å². The van der Waals surface area contributed by atoms with Gasteiger partial charge in [-0.2, -0.15) is 0 Å². The molecule has 1 aliphatic carbocycles. The fourth-order valence-corrected chi connectivity index (χ4v) is 2.32. The van der Waals surface area contributed by atoms with Gasteiger partial charge in [-0.15, -0.1) is 0 Å². The van der Waals surface area contributed by atoms with E-state index in [9.17, 15) is 4.39 Å². The van der Waals surface area contributed by atoms with E-state index < -0.39 is 0 Å². The van der Waals surface area contributed by atoms with Crippen LogP contribution < -0.4 is 11.3 Å². The second-order valence-corrected chi connectivity index (χ2v) is 4.58. The Hall–Kier alpha value is -1.19. The van der Waals surface area contributed by atoms with Crippen LogP contribution in [0.1, 0.15) is 43.7 Å². The first-order valence-corrected chi connectivity index (χ1v) is 6.19. The van der Waals surface area contributed by atoms with Crippen molar-refractivity contribution in [3.63, 3.8) is 0 Å². The van der Waals surface area contributed by atoms with Crippen LogP contribution in [0.25, 0.3) is 0 Å². The van der Waals surface area contributed by atoms with Crippen LogP contribution >= 0.6 is 0 Å². The Balaban J connectivity index is 2.05. The molecular weight excluding hydrogens is 215 g/mol. The van der Waals surface area contributed by atoms with Gasteiger partial charge in [-0.1, -0.05) is 23.8 Å². The predicted molar refractivity (Wildman–Crippen MR) is 67.6 cm³/mol. The van der Waals surface area contributed by atoms with Crippen LogP contribution in [0.3, 0.4) is 0 Å². The Labute approximate surface area is 102 Å². The molecule has 1 unspecified atom stereocenters. The average molecular weight is 234 g/mol. The van der Waals surface area contributed by atoms with Gasteiger partial charge in [0, 0.05) is 6.04 Å². The third-order valence-electron chi connectivity index (χ3n) is 3.32. The van der Waals surface area contributed by atoms with Gasteiger partial charge in [0.05, 0.1) is 0 Å². The maximum atomic E-state index is 12.8. The summed E-state index contributed by atoms with van der Waals surface area (Å²) in [6.07, 6.45) is 8.14. The lowest BCUT2D eigenvalue weighted by Crippen LogP contribution is -2.28. The van der Waals surface area contributed by atoms with Crippen molar-refractivity contribution in [2.75, 3.05) is 0 Å². The van der Waals surface area contributed by atoms with Crippen molar-refractivity contribution >= 4 is 0 Å². The van der Waals surface area contributed by atoms with Crippen molar-refractivity contribution in [3.05, 3.63) is 47.3 Å². The van der Waals surface area contributed by atoms with E-state index in [1.165, 1.54) is 43.4 Å². The Morgan fingerprint density at radius 2 is 2.00 bits per heavy atom. The van der Waals surface area contributed by atoms with Gasteiger partial charge in [0.25, 0.3) is 0 Å². The quantitative estimate of drug-likeness (QED) is 0.477. The van der Waals surface area contributed by atoms with Crippen LogP contribution in [-0.2, 0) is 0 Å². The minimum absolute atomic E-state index is 0.0833. The summed E-state index contributed by atoms with van der Waals surface area (Å²) in [5, 5.41) is 0. The standard InChI is InChI=1S/C14H19FN2/c15-13-8-6-12(7-9-13)14(17-16)10-11-4-2-1-3-5-11/h4,6-9,14,17H,1-3,5,10,16H2. The first kappa shape index (κ1) is 12.3. The second kappa shape index (κ2) is 5.94. The lowest BCUT2D eigenvalue weighted by Gasteiger charge is -2.20. The van der Waals surface area contributed by atoms with E-state index in [1.807, 2.05) is 0 Å². The summed E-state index contributed by atoms with van der Waals surface area (Å²) in [5.41, 5.74) is 5.33. The monoisotopic (exact) mass is 234 g/mol. The number of halogens is 1. The van der Waals surface area contributed by atoms with Crippen molar-refractivity contribution in [1.82, 2.24) is 5.43 Å². The number of hydrogen-bond donors (Lipinski definition) is 2. The predicted octanol–water partition coefficient (Wildman–Crippen LogP) is 3.22. The summed E-state index contributed by atoms with van der Waals surface area (Å²) >= 11 is 0. The molecule has 1 aromatic rings. The maximum absolute atomic E-state index is 12.8. The summed E-state index contributed by atoms with van der Waals surface area (Å²) < 4.78 is 12.8. The van der Waals surface area contributed by atoms with Gasteiger partial charge >= 0.3 is 0 Å². The number of nitrogens with one attached hydrogen (secondary N) is 1. The molecule has 0 saturated carbocycles. The smallest absolute Gasteiger partial charge is 0.123 e. The van der Waals surface area contributed by atoms with Crippen LogP contribution in [0, 0.1) is 5.82 Å². The van der Waals surface area contributed by atoms with E-state index in [0.717, 1.165) is 12.0 Å². The summed E-state index contributed by atoms with van der Waals surface area (Å²) in [5.74, 6) is 5.38. The minimum atomic E-state index is -0.207. The highest BCUT2D eigenvalue weighted by Crippen LogP contribution is 2.27. The van der Waals surface area contributed by atoms with Crippen LogP contribution in [0.15, 0.2) is 35.9 Å². The van der Waals surface area contributed by atoms with E-state index >= 15 is 0 Å². The van der Waals surface area contributed by atoms with Gasteiger partial charge in [0.1, 0.15) is 5.82 Å². The van der Waals surface area contributed by atoms with Crippen LogP contribution in [0.2, 0.25) is 0 Å². The molecule has 0 saturated heterocycles. The molecule has 0 fully saturated rings. The number of allylic oxidation sites excluding steroid dienone is 1. The molecule has 2 nitrogen and oxygen atoms in total. The fourth-order valence-electron chi connectivity index (χ4n) is 2.32. The van der Waals surface area contributed by atoms with Gasteiger partial charge in [0.2, 0.25) is 0 Å². The van der Waals surface area contributed by atoms with Crippen molar-refractivity contribution < 1.29 is 4.39 Å². The summed E-state index contributed by atoms with van der Waals surface area (Å²) in [6, 6.07) is 6.64. The third kappa shape index (κ3) is 3.38. The van der Waals surface area contributed by atoms with Gasteiger partial charge in [-0.25, -0.2) is 4.39 Å². The Morgan fingerprint density at radius 3 is 2.59 bits per heavy atom. The zero-order valence-electron chi connectivity index (χ0n) is 9.95. The average Bonchev–Trinajstić information content (AvgIpc) is 2.38. The number of benzene rings is 1. The van der Waals surface area contributed by atoms with E-state index in [-0.39, 0.29) is 11.9 Å². The van der Waals surface area contributed by atoms with E-state index in [2.05, 4.69) is 11.5 Å². The first-order valence-electron chi connectivity index (χ1n) is 6.19. The zero-order valence-corrected chi connectivity index (χ0v) is 9.95. The molecule has 3 heteroatoms. The Morgan fingerprint density at radius 1 is 1.24 bits per heavy atom. The summed E-state index contributed by atoms with van der Waals surface area (Å²) in [7, 11) is 0. The Bertz CT molecular complexity index is 384. The van der Waals surface area contributed by atoms with Crippen LogP contribution in [0.5, 0.6) is 0 Å². The van der Waals surface area contributed by atoms with E-state index in [4.69, 9.17) is 5.84 Å². The molecule has 1 atom stereocenters. The Kier molecular flexibility index (Phi) is 4.29. The van der Waals surface area contributed by atoms with Crippen LogP contribution in [-0.4, -0.2) is 0 Å². The van der Waals surface area contributed by atoms with Gasteiger partial charge in [-0.05, 0) is 49.8 Å². The molecule has 3 N–H and O–H groups in total. The van der Waals surface area contributed by atoms with Crippen molar-refractivity contribution in [1.29, 1.82) is 0 Å². The molecule has 17 heavy (non-hydrogen) atoms. The summed E-state index contributed by atoms with van der Waals surface area (Å²) in [6.45, 7) is 0. The number of nitrogens with two attached hydrogens (primary N) is 1. The molecule has 0 bridgehead atoms. The largest absolute Gasteiger partial charge is 0.271 e.